The van der Waals surface area contributed by atoms with E-state index < -0.39 is 0 Å². The highest BCUT2D eigenvalue weighted by atomic mass is 16.5. The number of ether oxygens (including phenoxy) is 1. The second-order valence-electron chi connectivity index (χ2n) is 8.48. The monoisotopic (exact) mass is 434 g/mol. The number of nitrogens with one attached hydrogen (secondary N) is 1. The van der Waals surface area contributed by atoms with Gasteiger partial charge in [-0.2, -0.15) is 0 Å². The molecule has 1 aromatic heterocycles. The van der Waals surface area contributed by atoms with Crippen LogP contribution in [0.1, 0.15) is 42.8 Å². The van der Waals surface area contributed by atoms with Crippen LogP contribution in [0.15, 0.2) is 42.5 Å². The van der Waals surface area contributed by atoms with Gasteiger partial charge in [-0.15, -0.1) is 0 Å². The number of carbonyl (C=O) groups excluding carboxylic acids is 2. The fraction of sp³-hybridized carbons (Fsp3) is 0.400. The Balaban J connectivity index is 1.48. The zero-order valence-electron chi connectivity index (χ0n) is 18.9. The number of aryl methyl sites for hydroxylation is 2. The van der Waals surface area contributed by atoms with E-state index in [4.69, 9.17) is 9.72 Å². The van der Waals surface area contributed by atoms with Crippen molar-refractivity contribution >= 4 is 22.8 Å². The minimum atomic E-state index is -0.372. The average molecular weight is 435 g/mol. The van der Waals surface area contributed by atoms with Crippen molar-refractivity contribution < 1.29 is 14.3 Å². The van der Waals surface area contributed by atoms with Crippen LogP contribution in [0.3, 0.4) is 0 Å². The Hall–Kier alpha value is -3.35. The molecule has 1 saturated heterocycles. The Kier molecular flexibility index (Phi) is 6.44. The van der Waals surface area contributed by atoms with Gasteiger partial charge in [0.2, 0.25) is 5.91 Å². The SMILES string of the molecule is Cc1ccc(C)c(OCC(=O)NC(C)c2nc3ccccc3n2CC(=O)N2CCCC2)c1. The van der Waals surface area contributed by atoms with Crippen molar-refractivity contribution in [2.75, 3.05) is 19.7 Å². The second-order valence-corrected chi connectivity index (χ2v) is 8.48. The van der Waals surface area contributed by atoms with Gasteiger partial charge in [-0.25, -0.2) is 4.98 Å². The van der Waals surface area contributed by atoms with Gasteiger partial charge < -0.3 is 19.5 Å². The van der Waals surface area contributed by atoms with E-state index >= 15 is 0 Å². The highest BCUT2D eigenvalue weighted by Gasteiger charge is 2.23. The zero-order chi connectivity index (χ0) is 22.7. The molecule has 7 heteroatoms. The van der Waals surface area contributed by atoms with E-state index in [9.17, 15) is 9.59 Å². The topological polar surface area (TPSA) is 76.5 Å². The summed E-state index contributed by atoms with van der Waals surface area (Å²) in [6, 6.07) is 13.3. The number of hydrogen-bond donors (Lipinski definition) is 1. The van der Waals surface area contributed by atoms with E-state index in [0.29, 0.717) is 11.6 Å². The molecule has 0 spiro atoms. The molecular formula is C25H30N4O3. The molecule has 1 aliphatic rings. The molecule has 2 amide bonds. The van der Waals surface area contributed by atoms with E-state index in [1.807, 2.05) is 72.7 Å². The van der Waals surface area contributed by atoms with Crippen LogP contribution < -0.4 is 10.1 Å². The van der Waals surface area contributed by atoms with Crippen molar-refractivity contribution in [2.45, 2.75) is 46.2 Å². The zero-order valence-corrected chi connectivity index (χ0v) is 18.9. The van der Waals surface area contributed by atoms with Crippen molar-refractivity contribution in [3.63, 3.8) is 0 Å². The standard InChI is InChI=1S/C25H30N4O3/c1-17-10-11-18(2)22(14-17)32-16-23(30)26-19(3)25-27-20-8-4-5-9-21(20)29(25)15-24(31)28-12-6-7-13-28/h4-5,8-11,14,19H,6-7,12-13,15-16H2,1-3H3,(H,26,30). The fourth-order valence-corrected chi connectivity index (χ4v) is 4.15. The number of nitrogens with zero attached hydrogens (tertiary/aromatic N) is 3. The average Bonchev–Trinajstić information content (AvgIpc) is 3.43. The highest BCUT2D eigenvalue weighted by molar-refractivity contribution is 5.82. The molecule has 3 aromatic rings. The number of fused-ring (bicyclic) bond motifs is 1. The van der Waals surface area contributed by atoms with Crippen LogP contribution in [-0.4, -0.2) is 46.0 Å². The summed E-state index contributed by atoms with van der Waals surface area (Å²) in [7, 11) is 0. The maximum atomic E-state index is 12.8. The first-order valence-corrected chi connectivity index (χ1v) is 11.1. The molecule has 32 heavy (non-hydrogen) atoms. The molecule has 7 nitrogen and oxygen atoms in total. The van der Waals surface area contributed by atoms with Gasteiger partial charge in [0.1, 0.15) is 18.1 Å². The molecule has 1 N–H and O–H groups in total. The van der Waals surface area contributed by atoms with E-state index in [1.165, 1.54) is 0 Å². The van der Waals surface area contributed by atoms with Crippen LogP contribution in [0.5, 0.6) is 5.75 Å². The van der Waals surface area contributed by atoms with Crippen molar-refractivity contribution in [1.29, 1.82) is 0 Å². The number of para-hydroxylation sites is 2. The summed E-state index contributed by atoms with van der Waals surface area (Å²) in [5.41, 5.74) is 3.77. The Bertz CT molecular complexity index is 1130. The first-order chi connectivity index (χ1) is 15.4. The van der Waals surface area contributed by atoms with E-state index in [-0.39, 0.29) is 31.0 Å². The number of amides is 2. The van der Waals surface area contributed by atoms with Crippen molar-refractivity contribution in [2.24, 2.45) is 0 Å². The lowest BCUT2D eigenvalue weighted by molar-refractivity contribution is -0.130. The molecule has 0 saturated carbocycles. The van der Waals surface area contributed by atoms with Crippen LogP contribution in [0.4, 0.5) is 0 Å². The predicted molar refractivity (Wildman–Crippen MR) is 124 cm³/mol. The van der Waals surface area contributed by atoms with E-state index in [1.54, 1.807) is 0 Å². The first-order valence-electron chi connectivity index (χ1n) is 11.1. The smallest absolute Gasteiger partial charge is 0.258 e. The van der Waals surface area contributed by atoms with Crippen molar-refractivity contribution in [1.82, 2.24) is 19.8 Å². The number of carbonyl (C=O) groups is 2. The van der Waals surface area contributed by atoms with Gasteiger partial charge >= 0.3 is 0 Å². The van der Waals surface area contributed by atoms with E-state index in [0.717, 1.165) is 48.1 Å². The van der Waals surface area contributed by atoms with Crippen LogP contribution in [-0.2, 0) is 16.1 Å². The molecule has 0 aliphatic carbocycles. The summed E-state index contributed by atoms with van der Waals surface area (Å²) in [5, 5.41) is 2.97. The molecule has 168 valence electrons. The van der Waals surface area contributed by atoms with Crippen molar-refractivity contribution in [3.8, 4) is 5.75 Å². The Morgan fingerprint density at radius 1 is 1.12 bits per heavy atom. The molecular weight excluding hydrogens is 404 g/mol. The van der Waals surface area contributed by atoms with Crippen LogP contribution >= 0.6 is 0 Å². The lowest BCUT2D eigenvalue weighted by Crippen LogP contribution is -2.35. The third-order valence-electron chi connectivity index (χ3n) is 5.90. The summed E-state index contributed by atoms with van der Waals surface area (Å²) in [6.07, 6.45) is 2.10. The summed E-state index contributed by atoms with van der Waals surface area (Å²) in [4.78, 5) is 32.1. The molecule has 1 fully saturated rings. The van der Waals surface area contributed by atoms with Gasteiger partial charge in [-0.1, -0.05) is 24.3 Å². The maximum absolute atomic E-state index is 12.8. The lowest BCUT2D eigenvalue weighted by atomic mass is 10.1. The number of likely N-dealkylation sites (tertiary alicyclic amines) is 1. The molecule has 4 rings (SSSR count). The van der Waals surface area contributed by atoms with E-state index in [2.05, 4.69) is 5.32 Å². The third kappa shape index (κ3) is 4.77. The summed E-state index contributed by atoms with van der Waals surface area (Å²) in [5.74, 6) is 1.22. The van der Waals surface area contributed by atoms with Crippen LogP contribution in [0.2, 0.25) is 0 Å². The number of hydrogen-bond acceptors (Lipinski definition) is 4. The highest BCUT2D eigenvalue weighted by Crippen LogP contribution is 2.22. The number of imidazole rings is 1. The largest absolute Gasteiger partial charge is 0.483 e. The predicted octanol–water partition coefficient (Wildman–Crippen LogP) is 3.53. The molecule has 1 aliphatic heterocycles. The van der Waals surface area contributed by atoms with Gasteiger partial charge in [0, 0.05) is 13.1 Å². The fourth-order valence-electron chi connectivity index (χ4n) is 4.15. The number of benzene rings is 2. The maximum Gasteiger partial charge on any atom is 0.258 e. The Labute approximate surface area is 188 Å². The quantitative estimate of drug-likeness (QED) is 0.617. The minimum absolute atomic E-state index is 0.0818. The molecule has 1 atom stereocenters. The Morgan fingerprint density at radius 3 is 2.66 bits per heavy atom. The minimum Gasteiger partial charge on any atom is -0.483 e. The van der Waals surface area contributed by atoms with Crippen LogP contribution in [0.25, 0.3) is 11.0 Å². The van der Waals surface area contributed by atoms with Crippen molar-refractivity contribution in [3.05, 3.63) is 59.4 Å². The van der Waals surface area contributed by atoms with Gasteiger partial charge in [0.15, 0.2) is 6.61 Å². The van der Waals surface area contributed by atoms with Crippen LogP contribution in [0, 0.1) is 13.8 Å². The van der Waals surface area contributed by atoms with Gasteiger partial charge in [-0.3, -0.25) is 9.59 Å². The molecule has 2 heterocycles. The van der Waals surface area contributed by atoms with Gasteiger partial charge in [-0.05, 0) is 62.9 Å². The normalized spacial score (nSPS) is 14.5. The molecule has 2 aromatic carbocycles. The lowest BCUT2D eigenvalue weighted by Gasteiger charge is -2.19. The number of rotatable bonds is 7. The summed E-state index contributed by atoms with van der Waals surface area (Å²) in [6.45, 7) is 7.58. The summed E-state index contributed by atoms with van der Waals surface area (Å²) < 4.78 is 7.66. The first kappa shape index (κ1) is 21.9. The second kappa shape index (κ2) is 9.42. The molecule has 0 radical (unpaired) electrons. The molecule has 0 bridgehead atoms. The number of aromatic nitrogens is 2. The Morgan fingerprint density at radius 2 is 1.88 bits per heavy atom. The third-order valence-corrected chi connectivity index (χ3v) is 5.90. The van der Waals surface area contributed by atoms with Gasteiger partial charge in [0.25, 0.3) is 5.91 Å². The van der Waals surface area contributed by atoms with Gasteiger partial charge in [0.05, 0.1) is 17.1 Å². The summed E-state index contributed by atoms with van der Waals surface area (Å²) >= 11 is 0. The molecule has 1 unspecified atom stereocenters.